The van der Waals surface area contributed by atoms with Crippen LogP contribution in [0.1, 0.15) is 0 Å². The molecule has 0 fully saturated rings. The molecule has 1 aromatic carbocycles. The van der Waals surface area contributed by atoms with Crippen molar-refractivity contribution in [2.75, 3.05) is 5.43 Å². The molecular formula is C6H3Br2ClN2O2. The number of nitrogens with one attached hydrogen (secondary N) is 1. The van der Waals surface area contributed by atoms with Crippen molar-refractivity contribution in [3.05, 3.63) is 36.2 Å². The van der Waals surface area contributed by atoms with Gasteiger partial charge < -0.3 is 0 Å². The molecule has 0 heterocycles. The fourth-order valence-electron chi connectivity index (χ4n) is 0.740. The summed E-state index contributed by atoms with van der Waals surface area (Å²) in [5, 5.41) is 10.0. The Hall–Kier alpha value is -0.330. The maximum atomic E-state index is 10.2. The molecule has 0 saturated carbocycles. The summed E-state index contributed by atoms with van der Waals surface area (Å²) in [6.45, 7) is 0. The average molecular weight is 330 g/mol. The van der Waals surface area contributed by atoms with Gasteiger partial charge in [-0.2, -0.15) is 0 Å². The Balaban J connectivity index is 3.13. The largest absolute Gasteiger partial charge is 0.235 e. The molecule has 0 amide bonds. The van der Waals surface area contributed by atoms with E-state index in [0.717, 1.165) is 0 Å². The van der Waals surface area contributed by atoms with Crippen molar-refractivity contribution >= 4 is 49.1 Å². The molecule has 0 spiro atoms. The topological polar surface area (TPSA) is 55.2 Å². The second kappa shape index (κ2) is 4.26. The van der Waals surface area contributed by atoms with E-state index >= 15 is 0 Å². The number of rotatable bonds is 2. The lowest BCUT2D eigenvalue weighted by atomic mass is 10.3. The van der Waals surface area contributed by atoms with E-state index in [-0.39, 0.29) is 0 Å². The Bertz CT molecular complexity index is 335. The van der Waals surface area contributed by atoms with Gasteiger partial charge in [0.25, 0.3) is 0 Å². The van der Waals surface area contributed by atoms with Gasteiger partial charge in [0.2, 0.25) is 0 Å². The molecule has 0 atom stereocenters. The Kier molecular flexibility index (Phi) is 3.52. The lowest BCUT2D eigenvalue weighted by molar-refractivity contribution is -0.445. The number of hydrogen-bond acceptors (Lipinski definition) is 2. The van der Waals surface area contributed by atoms with Crippen LogP contribution in [0, 0.1) is 10.1 Å². The maximum Gasteiger partial charge on any atom is 0.162 e. The molecule has 70 valence electrons. The zero-order chi connectivity index (χ0) is 10.0. The number of nitrogens with zero attached hydrogens (tertiary/aromatic N) is 1. The fraction of sp³-hybridized carbons (Fsp3) is 0. The minimum atomic E-state index is -0.640. The van der Waals surface area contributed by atoms with E-state index < -0.39 is 5.03 Å². The smallest absolute Gasteiger partial charge is 0.162 e. The molecule has 0 aromatic heterocycles. The van der Waals surface area contributed by atoms with Crippen molar-refractivity contribution in [2.24, 2.45) is 0 Å². The van der Waals surface area contributed by atoms with Crippen molar-refractivity contribution < 1.29 is 5.03 Å². The number of anilines is 1. The summed E-state index contributed by atoms with van der Waals surface area (Å²) in [7, 11) is 0. The van der Waals surface area contributed by atoms with Crippen molar-refractivity contribution in [3.63, 3.8) is 0 Å². The van der Waals surface area contributed by atoms with Crippen LogP contribution in [0.25, 0.3) is 0 Å². The van der Waals surface area contributed by atoms with Gasteiger partial charge in [0.05, 0.1) is 0 Å². The maximum absolute atomic E-state index is 10.2. The zero-order valence-electron chi connectivity index (χ0n) is 6.05. The van der Waals surface area contributed by atoms with Crippen LogP contribution in [0.4, 0.5) is 5.69 Å². The molecule has 0 aliphatic rings. The van der Waals surface area contributed by atoms with Gasteiger partial charge in [0, 0.05) is 14.0 Å². The molecule has 0 unspecified atom stereocenters. The highest BCUT2D eigenvalue weighted by atomic mass is 79.9. The molecule has 13 heavy (non-hydrogen) atoms. The van der Waals surface area contributed by atoms with Crippen molar-refractivity contribution in [1.29, 1.82) is 0 Å². The number of hydrazine groups is 1. The molecule has 7 heteroatoms. The quantitative estimate of drug-likeness (QED) is 0.667. The summed E-state index contributed by atoms with van der Waals surface area (Å²) < 4.78 is 1.06. The average Bonchev–Trinajstić information content (AvgIpc) is 1.96. The number of halogens is 3. The van der Waals surface area contributed by atoms with Gasteiger partial charge in [0.15, 0.2) is 5.03 Å². The molecule has 0 aliphatic heterocycles. The zero-order valence-corrected chi connectivity index (χ0v) is 9.98. The summed E-state index contributed by atoms with van der Waals surface area (Å²) >= 11 is 12.0. The van der Waals surface area contributed by atoms with Gasteiger partial charge in [-0.25, -0.2) is 10.1 Å². The Morgan fingerprint density at radius 2 is 1.85 bits per heavy atom. The first-order valence-electron chi connectivity index (χ1n) is 3.06. The fourth-order valence-corrected chi connectivity index (χ4v) is 2.59. The first kappa shape index (κ1) is 10.7. The Morgan fingerprint density at radius 1 is 1.38 bits per heavy atom. The third kappa shape index (κ3) is 2.82. The molecule has 0 aliphatic carbocycles. The SMILES string of the molecule is O=[N+]([O-])Nc1c(Br)cc(Cl)cc1Br. The van der Waals surface area contributed by atoms with Crippen LogP contribution in [-0.4, -0.2) is 5.03 Å². The molecule has 1 rings (SSSR count). The van der Waals surface area contributed by atoms with Crippen LogP contribution >= 0.6 is 43.5 Å². The monoisotopic (exact) mass is 328 g/mol. The van der Waals surface area contributed by atoms with Crippen molar-refractivity contribution in [2.45, 2.75) is 0 Å². The second-order valence-electron chi connectivity index (χ2n) is 2.11. The van der Waals surface area contributed by atoms with Crippen LogP contribution in [0.15, 0.2) is 21.1 Å². The first-order chi connectivity index (χ1) is 6.00. The van der Waals surface area contributed by atoms with Gasteiger partial charge in [-0.05, 0) is 44.0 Å². The van der Waals surface area contributed by atoms with Crippen LogP contribution in [0.5, 0.6) is 0 Å². The third-order valence-corrected chi connectivity index (χ3v) is 2.68. The molecule has 4 nitrogen and oxygen atoms in total. The van der Waals surface area contributed by atoms with Crippen molar-refractivity contribution in [1.82, 2.24) is 0 Å². The van der Waals surface area contributed by atoms with Gasteiger partial charge in [0.1, 0.15) is 5.69 Å². The number of benzene rings is 1. The number of hydrogen-bond donors (Lipinski definition) is 1. The Morgan fingerprint density at radius 3 is 2.23 bits per heavy atom. The van der Waals surface area contributed by atoms with E-state index in [4.69, 9.17) is 11.6 Å². The van der Waals surface area contributed by atoms with E-state index in [1.807, 2.05) is 5.43 Å². The number of nitro groups is 1. The summed E-state index contributed by atoms with van der Waals surface area (Å²) in [6, 6.07) is 3.14. The second-order valence-corrected chi connectivity index (χ2v) is 4.26. The highest BCUT2D eigenvalue weighted by molar-refractivity contribution is 9.11. The predicted molar refractivity (Wildman–Crippen MR) is 57.5 cm³/mol. The normalized spacial score (nSPS) is 9.77. The predicted octanol–water partition coefficient (Wildman–Crippen LogP) is 3.47. The van der Waals surface area contributed by atoms with Gasteiger partial charge >= 0.3 is 0 Å². The van der Waals surface area contributed by atoms with Crippen molar-refractivity contribution in [3.8, 4) is 0 Å². The lowest BCUT2D eigenvalue weighted by Crippen LogP contribution is -2.08. The van der Waals surface area contributed by atoms with E-state index in [0.29, 0.717) is 19.7 Å². The summed E-state index contributed by atoms with van der Waals surface area (Å²) in [5.41, 5.74) is 2.38. The summed E-state index contributed by atoms with van der Waals surface area (Å²) in [6.07, 6.45) is 0. The third-order valence-electron chi connectivity index (χ3n) is 1.21. The standard InChI is InChI=1S/C6H3Br2ClN2O2/c7-4-1-3(9)2-5(8)6(4)10-11(12)13/h1-2,10H. The lowest BCUT2D eigenvalue weighted by Gasteiger charge is -2.03. The molecule has 1 aromatic rings. The molecular weight excluding hydrogens is 327 g/mol. The molecule has 1 N–H and O–H groups in total. The van der Waals surface area contributed by atoms with E-state index in [2.05, 4.69) is 31.9 Å². The summed E-state index contributed by atoms with van der Waals surface area (Å²) in [4.78, 5) is 10.2. The first-order valence-corrected chi connectivity index (χ1v) is 5.02. The van der Waals surface area contributed by atoms with Crippen LogP contribution in [-0.2, 0) is 0 Å². The van der Waals surface area contributed by atoms with Crippen LogP contribution in [0.2, 0.25) is 5.02 Å². The van der Waals surface area contributed by atoms with Crippen LogP contribution in [0.3, 0.4) is 0 Å². The van der Waals surface area contributed by atoms with E-state index in [9.17, 15) is 10.1 Å². The van der Waals surface area contributed by atoms with Gasteiger partial charge in [-0.3, -0.25) is 0 Å². The molecule has 0 radical (unpaired) electrons. The Labute approximate surface area is 95.6 Å². The molecule has 0 bridgehead atoms. The molecule has 0 saturated heterocycles. The summed E-state index contributed by atoms with van der Waals surface area (Å²) in [5.74, 6) is 0. The van der Waals surface area contributed by atoms with Crippen LogP contribution < -0.4 is 5.43 Å². The van der Waals surface area contributed by atoms with Gasteiger partial charge in [-0.15, -0.1) is 5.43 Å². The van der Waals surface area contributed by atoms with E-state index in [1.54, 1.807) is 12.1 Å². The van der Waals surface area contributed by atoms with E-state index in [1.165, 1.54) is 0 Å². The highest BCUT2D eigenvalue weighted by Crippen LogP contribution is 2.33. The highest BCUT2D eigenvalue weighted by Gasteiger charge is 2.10. The minimum Gasteiger partial charge on any atom is -0.235 e. The van der Waals surface area contributed by atoms with Gasteiger partial charge in [-0.1, -0.05) is 11.6 Å². The minimum absolute atomic E-state index is 0.342.